The van der Waals surface area contributed by atoms with Crippen LogP contribution in [-0.2, 0) is 16.6 Å². The number of ether oxygens (including phenoxy) is 1. The molecule has 0 fully saturated rings. The number of carbonyl (C=O) groups is 1. The fourth-order valence-corrected chi connectivity index (χ4v) is 3.91. The van der Waals surface area contributed by atoms with Crippen LogP contribution in [-0.4, -0.2) is 16.6 Å². The van der Waals surface area contributed by atoms with Gasteiger partial charge in [-0.25, -0.2) is 0 Å². The van der Waals surface area contributed by atoms with Crippen molar-refractivity contribution in [2.75, 3.05) is 6.61 Å². The Hall–Kier alpha value is -1.46. The van der Waals surface area contributed by atoms with Crippen molar-refractivity contribution in [3.63, 3.8) is 0 Å². The first-order valence-corrected chi connectivity index (χ1v) is 8.50. The lowest BCUT2D eigenvalue weighted by Gasteiger charge is -2.11. The van der Waals surface area contributed by atoms with E-state index in [-0.39, 0.29) is 5.78 Å². The molecule has 0 aliphatic carbocycles. The van der Waals surface area contributed by atoms with Gasteiger partial charge < -0.3 is 4.74 Å². The highest BCUT2D eigenvalue weighted by molar-refractivity contribution is 7.86. The van der Waals surface area contributed by atoms with Crippen LogP contribution in [0.4, 0.5) is 0 Å². The zero-order chi connectivity index (χ0) is 14.5. The molecule has 2 aromatic rings. The van der Waals surface area contributed by atoms with Crippen molar-refractivity contribution in [2.24, 2.45) is 0 Å². The minimum absolute atomic E-state index is 0.00351. The third-order valence-electron chi connectivity index (χ3n) is 2.77. The quantitative estimate of drug-likeness (QED) is 0.765. The maximum atomic E-state index is 12.3. The van der Waals surface area contributed by atoms with Crippen molar-refractivity contribution < 1.29 is 13.7 Å². The second-order valence-corrected chi connectivity index (χ2v) is 6.86. The number of rotatable bonds is 6. The summed E-state index contributed by atoms with van der Waals surface area (Å²) in [5, 5.41) is 1.91. The van der Waals surface area contributed by atoms with Crippen molar-refractivity contribution >= 4 is 27.9 Å². The van der Waals surface area contributed by atoms with E-state index in [9.17, 15) is 9.00 Å². The monoisotopic (exact) mass is 308 g/mol. The molecule has 106 valence electrons. The van der Waals surface area contributed by atoms with Crippen molar-refractivity contribution in [3.05, 3.63) is 46.8 Å². The third-order valence-corrected chi connectivity index (χ3v) is 5.44. The van der Waals surface area contributed by atoms with Gasteiger partial charge in [0.2, 0.25) is 0 Å². The summed E-state index contributed by atoms with van der Waals surface area (Å²) in [6.45, 7) is 3.96. The Morgan fingerprint density at radius 3 is 2.75 bits per heavy atom. The van der Waals surface area contributed by atoms with Gasteiger partial charge in [-0.2, -0.15) is 0 Å². The smallest absolute Gasteiger partial charge is 0.159 e. The zero-order valence-corrected chi connectivity index (χ0v) is 13.1. The van der Waals surface area contributed by atoms with E-state index in [0.717, 1.165) is 9.77 Å². The Balaban J connectivity index is 2.29. The van der Waals surface area contributed by atoms with Crippen LogP contribution >= 0.6 is 11.3 Å². The van der Waals surface area contributed by atoms with Crippen molar-refractivity contribution in [1.29, 1.82) is 0 Å². The van der Waals surface area contributed by atoms with E-state index in [2.05, 4.69) is 0 Å². The van der Waals surface area contributed by atoms with Crippen LogP contribution in [0.15, 0.2) is 39.9 Å². The molecule has 1 aromatic heterocycles. The SMILES string of the molecule is CCOc1ccc(C(C)=O)cc1CS(=O)c1cccs1. The fourth-order valence-electron chi connectivity index (χ4n) is 1.81. The van der Waals surface area contributed by atoms with E-state index in [1.165, 1.54) is 18.3 Å². The predicted octanol–water partition coefficient (Wildman–Crippen LogP) is 3.66. The normalized spacial score (nSPS) is 12.1. The summed E-state index contributed by atoms with van der Waals surface area (Å²) in [5.74, 6) is 1.05. The van der Waals surface area contributed by atoms with Crippen LogP contribution in [0.3, 0.4) is 0 Å². The molecule has 0 aliphatic heterocycles. The Morgan fingerprint density at radius 1 is 1.35 bits per heavy atom. The molecule has 0 saturated heterocycles. The minimum atomic E-state index is -1.11. The molecule has 2 rings (SSSR count). The van der Waals surface area contributed by atoms with Crippen LogP contribution in [0.1, 0.15) is 29.8 Å². The molecule has 0 amide bonds. The summed E-state index contributed by atoms with van der Waals surface area (Å²) >= 11 is 1.47. The number of thiophene rings is 1. The maximum Gasteiger partial charge on any atom is 0.159 e. The molecule has 0 bridgehead atoms. The average molecular weight is 308 g/mol. The van der Waals surface area contributed by atoms with Crippen molar-refractivity contribution in [1.82, 2.24) is 0 Å². The molecule has 1 atom stereocenters. The number of hydrogen-bond donors (Lipinski definition) is 0. The molecule has 0 aliphatic rings. The molecule has 0 radical (unpaired) electrons. The molecule has 0 N–H and O–H groups in total. The lowest BCUT2D eigenvalue weighted by Crippen LogP contribution is -2.03. The Morgan fingerprint density at radius 2 is 2.15 bits per heavy atom. The summed E-state index contributed by atoms with van der Waals surface area (Å²) in [6.07, 6.45) is 0. The van der Waals surface area contributed by atoms with E-state index < -0.39 is 10.8 Å². The molecule has 1 aromatic carbocycles. The molecule has 3 nitrogen and oxygen atoms in total. The number of Topliss-reactive ketones (excluding diaryl/α,β-unsaturated/α-hetero) is 1. The zero-order valence-electron chi connectivity index (χ0n) is 11.4. The van der Waals surface area contributed by atoms with E-state index in [0.29, 0.717) is 23.7 Å². The number of hydrogen-bond acceptors (Lipinski definition) is 4. The van der Waals surface area contributed by atoms with Crippen molar-refractivity contribution in [2.45, 2.75) is 23.8 Å². The summed E-state index contributed by atoms with van der Waals surface area (Å²) in [7, 11) is -1.11. The van der Waals surface area contributed by atoms with Gasteiger partial charge in [-0.05, 0) is 43.5 Å². The largest absolute Gasteiger partial charge is 0.494 e. The molecular weight excluding hydrogens is 292 g/mol. The summed E-state index contributed by atoms with van der Waals surface area (Å²) in [6, 6.07) is 9.04. The van der Waals surface area contributed by atoms with Gasteiger partial charge in [0.25, 0.3) is 0 Å². The standard InChI is InChI=1S/C15H16O3S2/c1-3-18-14-7-6-12(11(2)16)9-13(14)10-20(17)15-5-4-8-19-15/h4-9H,3,10H2,1-2H3. The number of ketones is 1. The van der Waals surface area contributed by atoms with E-state index in [1.54, 1.807) is 18.2 Å². The van der Waals surface area contributed by atoms with Crippen LogP contribution in [0, 0.1) is 0 Å². The highest BCUT2D eigenvalue weighted by atomic mass is 32.2. The van der Waals surface area contributed by atoms with Gasteiger partial charge in [-0.1, -0.05) is 6.07 Å². The van der Waals surface area contributed by atoms with Gasteiger partial charge in [-0.15, -0.1) is 11.3 Å². The second-order valence-electron chi connectivity index (χ2n) is 4.23. The van der Waals surface area contributed by atoms with Gasteiger partial charge in [0, 0.05) is 11.1 Å². The molecule has 20 heavy (non-hydrogen) atoms. The Labute approximate surface area is 125 Å². The summed E-state index contributed by atoms with van der Waals surface area (Å²) < 4.78 is 18.7. The van der Waals surface area contributed by atoms with E-state index in [1.807, 2.05) is 24.4 Å². The second kappa shape index (κ2) is 6.81. The van der Waals surface area contributed by atoms with Gasteiger partial charge in [0.05, 0.1) is 27.4 Å². The van der Waals surface area contributed by atoms with Crippen molar-refractivity contribution in [3.8, 4) is 5.75 Å². The first kappa shape index (κ1) is 14.9. The molecule has 1 heterocycles. The number of carbonyl (C=O) groups excluding carboxylic acids is 1. The number of benzene rings is 1. The van der Waals surface area contributed by atoms with E-state index >= 15 is 0 Å². The highest BCUT2D eigenvalue weighted by Gasteiger charge is 2.12. The summed E-state index contributed by atoms with van der Waals surface area (Å²) in [5.41, 5.74) is 1.43. The van der Waals surface area contributed by atoms with Crippen LogP contribution < -0.4 is 4.74 Å². The van der Waals surface area contributed by atoms with Gasteiger partial charge in [0.1, 0.15) is 5.75 Å². The lowest BCUT2D eigenvalue weighted by atomic mass is 10.1. The van der Waals surface area contributed by atoms with Crippen LogP contribution in [0.2, 0.25) is 0 Å². The van der Waals surface area contributed by atoms with Gasteiger partial charge in [0.15, 0.2) is 5.78 Å². The summed E-state index contributed by atoms with van der Waals surface area (Å²) in [4.78, 5) is 11.5. The fraction of sp³-hybridized carbons (Fsp3) is 0.267. The third kappa shape index (κ3) is 3.55. The van der Waals surface area contributed by atoms with Gasteiger partial charge >= 0.3 is 0 Å². The van der Waals surface area contributed by atoms with Crippen LogP contribution in [0.25, 0.3) is 0 Å². The van der Waals surface area contributed by atoms with Crippen LogP contribution in [0.5, 0.6) is 5.75 Å². The molecule has 1 unspecified atom stereocenters. The Bertz CT molecular complexity index is 618. The minimum Gasteiger partial charge on any atom is -0.494 e. The molecule has 0 saturated carbocycles. The first-order chi connectivity index (χ1) is 9.61. The first-order valence-electron chi connectivity index (χ1n) is 6.30. The Kier molecular flexibility index (Phi) is 5.09. The average Bonchev–Trinajstić information content (AvgIpc) is 2.94. The van der Waals surface area contributed by atoms with E-state index in [4.69, 9.17) is 4.74 Å². The topological polar surface area (TPSA) is 43.4 Å². The predicted molar refractivity (Wildman–Crippen MR) is 82.0 cm³/mol. The molecule has 5 heteroatoms. The highest BCUT2D eigenvalue weighted by Crippen LogP contribution is 2.25. The molecule has 0 spiro atoms. The maximum absolute atomic E-state index is 12.3. The molecular formula is C15H16O3S2. The lowest BCUT2D eigenvalue weighted by molar-refractivity contribution is 0.101. The van der Waals surface area contributed by atoms with Gasteiger partial charge in [-0.3, -0.25) is 9.00 Å².